The zero-order valence-corrected chi connectivity index (χ0v) is 20.9. The van der Waals surface area contributed by atoms with Crippen molar-refractivity contribution < 1.29 is 4.39 Å². The van der Waals surface area contributed by atoms with Crippen molar-refractivity contribution in [3.05, 3.63) is 59.2 Å². The second-order valence-electron chi connectivity index (χ2n) is 6.31. The molecule has 0 radical (unpaired) electrons. The van der Waals surface area contributed by atoms with E-state index in [1.165, 1.54) is 0 Å². The molecule has 2 aromatic rings. The van der Waals surface area contributed by atoms with Crippen LogP contribution in [0.15, 0.2) is 36.7 Å². The maximum Gasteiger partial charge on any atom is 0.150 e. The number of aryl methyl sites for hydroxylation is 2. The molecular weight excluding hydrogens is 371 g/mol. The summed E-state index contributed by atoms with van der Waals surface area (Å²) < 4.78 is 11.6. The second-order valence-corrected chi connectivity index (χ2v) is 6.31. The Balaban J connectivity index is -0.000000392. The molecule has 166 valence electrons. The van der Waals surface area contributed by atoms with Crippen LogP contribution in [-0.4, -0.2) is 16.6 Å². The molecule has 0 aromatic carbocycles. The Morgan fingerprint density at radius 2 is 1.13 bits per heavy atom. The SMILES string of the molecule is CC.CC.CC.Cc1ccc(C#CC(C)(C)C)cn1.Cc1ccc(C#CCF)cn1. The highest BCUT2D eigenvalue weighted by molar-refractivity contribution is 5.33. The van der Waals surface area contributed by atoms with E-state index in [4.69, 9.17) is 0 Å². The first-order chi connectivity index (χ1) is 14.3. The Kier molecular flexibility index (Phi) is 22.5. The van der Waals surface area contributed by atoms with Gasteiger partial charge in [-0.3, -0.25) is 9.97 Å². The molecule has 0 saturated carbocycles. The van der Waals surface area contributed by atoms with E-state index in [0.29, 0.717) is 0 Å². The molecule has 2 nitrogen and oxygen atoms in total. The van der Waals surface area contributed by atoms with E-state index >= 15 is 0 Å². The van der Waals surface area contributed by atoms with Gasteiger partial charge in [0.25, 0.3) is 0 Å². The van der Waals surface area contributed by atoms with Gasteiger partial charge in [-0.2, -0.15) is 0 Å². The molecule has 0 amide bonds. The van der Waals surface area contributed by atoms with Crippen LogP contribution in [0.4, 0.5) is 4.39 Å². The summed E-state index contributed by atoms with van der Waals surface area (Å²) in [5.41, 5.74) is 3.77. The third-order valence-corrected chi connectivity index (χ3v) is 2.70. The van der Waals surface area contributed by atoms with Gasteiger partial charge in [-0.25, -0.2) is 4.39 Å². The molecule has 0 aliphatic carbocycles. The summed E-state index contributed by atoms with van der Waals surface area (Å²) in [5, 5.41) is 0. The topological polar surface area (TPSA) is 25.8 Å². The standard InChI is InChI=1S/C12H15N.C9H8FN.3C2H6/c1-10-5-6-11(9-13-10)7-8-12(2,3)4;1-8-4-5-9(7-11-8)3-2-6-10;3*1-2/h5-6,9H,1-4H3;4-5,7H,6H2,1H3;3*1-2H3. The van der Waals surface area contributed by atoms with E-state index in [1.54, 1.807) is 6.20 Å². The lowest BCUT2D eigenvalue weighted by atomic mass is 9.97. The Bertz CT molecular complexity index is 747. The van der Waals surface area contributed by atoms with Crippen molar-refractivity contribution in [1.29, 1.82) is 0 Å². The molecule has 0 aliphatic heterocycles. The van der Waals surface area contributed by atoms with Crippen LogP contribution in [0.2, 0.25) is 0 Å². The summed E-state index contributed by atoms with van der Waals surface area (Å²) in [4.78, 5) is 8.18. The molecule has 0 saturated heterocycles. The van der Waals surface area contributed by atoms with Gasteiger partial charge in [-0.1, -0.05) is 65.2 Å². The van der Waals surface area contributed by atoms with Crippen molar-refractivity contribution in [2.45, 2.75) is 76.2 Å². The minimum atomic E-state index is -0.603. The van der Waals surface area contributed by atoms with Crippen LogP contribution < -0.4 is 0 Å². The van der Waals surface area contributed by atoms with Gasteiger partial charge in [0.1, 0.15) is 0 Å². The van der Waals surface area contributed by atoms with Crippen LogP contribution in [0.25, 0.3) is 0 Å². The molecule has 0 fully saturated rings. The molecule has 2 rings (SSSR count). The van der Waals surface area contributed by atoms with E-state index in [-0.39, 0.29) is 5.41 Å². The summed E-state index contributed by atoms with van der Waals surface area (Å²) in [6, 6.07) is 7.65. The van der Waals surface area contributed by atoms with E-state index in [0.717, 1.165) is 22.5 Å². The first-order valence-corrected chi connectivity index (χ1v) is 10.7. The lowest BCUT2D eigenvalue weighted by Crippen LogP contribution is -1.99. The van der Waals surface area contributed by atoms with E-state index in [1.807, 2.05) is 85.9 Å². The number of nitrogens with zero attached hydrogens (tertiary/aromatic N) is 2. The maximum absolute atomic E-state index is 11.6. The van der Waals surface area contributed by atoms with Crippen LogP contribution in [0.3, 0.4) is 0 Å². The van der Waals surface area contributed by atoms with Crippen molar-refractivity contribution in [3.63, 3.8) is 0 Å². The summed E-state index contributed by atoms with van der Waals surface area (Å²) >= 11 is 0. The fraction of sp³-hybridized carbons (Fsp3) is 0.481. The van der Waals surface area contributed by atoms with Crippen molar-refractivity contribution in [1.82, 2.24) is 9.97 Å². The molecule has 2 aromatic heterocycles. The smallest absolute Gasteiger partial charge is 0.150 e. The summed E-state index contributed by atoms with van der Waals surface area (Å²) in [5.74, 6) is 11.2. The fourth-order valence-electron chi connectivity index (χ4n) is 1.48. The molecule has 0 spiro atoms. The molecule has 3 heteroatoms. The summed E-state index contributed by atoms with van der Waals surface area (Å²) in [6.45, 7) is 21.6. The van der Waals surface area contributed by atoms with Crippen LogP contribution in [0.1, 0.15) is 84.8 Å². The molecule has 0 bridgehead atoms. The highest BCUT2D eigenvalue weighted by Gasteiger charge is 2.03. The third kappa shape index (κ3) is 20.1. The molecule has 30 heavy (non-hydrogen) atoms. The van der Waals surface area contributed by atoms with Crippen LogP contribution in [0, 0.1) is 42.9 Å². The Morgan fingerprint density at radius 3 is 1.43 bits per heavy atom. The van der Waals surface area contributed by atoms with Crippen LogP contribution >= 0.6 is 0 Å². The molecule has 0 unspecified atom stereocenters. The van der Waals surface area contributed by atoms with Gasteiger partial charge in [0.2, 0.25) is 0 Å². The largest absolute Gasteiger partial charge is 0.260 e. The minimum Gasteiger partial charge on any atom is -0.260 e. The van der Waals surface area contributed by atoms with Crippen molar-refractivity contribution in [2.24, 2.45) is 5.41 Å². The lowest BCUT2D eigenvalue weighted by molar-refractivity contribution is 0.571. The van der Waals surface area contributed by atoms with Crippen molar-refractivity contribution >= 4 is 0 Å². The van der Waals surface area contributed by atoms with E-state index in [9.17, 15) is 4.39 Å². The fourth-order valence-corrected chi connectivity index (χ4v) is 1.48. The Morgan fingerprint density at radius 1 is 0.733 bits per heavy atom. The number of halogens is 1. The monoisotopic (exact) mass is 412 g/mol. The van der Waals surface area contributed by atoms with Crippen LogP contribution in [-0.2, 0) is 0 Å². The van der Waals surface area contributed by atoms with Gasteiger partial charge in [0.05, 0.1) is 0 Å². The number of aromatic nitrogens is 2. The lowest BCUT2D eigenvalue weighted by Gasteiger charge is -2.06. The first kappa shape index (κ1) is 32.0. The number of hydrogen-bond donors (Lipinski definition) is 0. The van der Waals surface area contributed by atoms with Gasteiger partial charge in [0.15, 0.2) is 6.67 Å². The molecule has 0 atom stereocenters. The predicted octanol–water partition coefficient (Wildman–Crippen LogP) is 7.58. The highest BCUT2D eigenvalue weighted by Crippen LogP contribution is 2.10. The normalized spacial score (nSPS) is 8.27. The molecule has 2 heterocycles. The zero-order valence-electron chi connectivity index (χ0n) is 20.9. The van der Waals surface area contributed by atoms with Gasteiger partial charge >= 0.3 is 0 Å². The average molecular weight is 413 g/mol. The molecule has 0 N–H and O–H groups in total. The number of pyridine rings is 2. The van der Waals surface area contributed by atoms with E-state index in [2.05, 4.69) is 54.4 Å². The Hall–Kier alpha value is -2.65. The van der Waals surface area contributed by atoms with Gasteiger partial charge in [0, 0.05) is 40.3 Å². The number of rotatable bonds is 0. The first-order valence-electron chi connectivity index (χ1n) is 10.7. The highest BCUT2D eigenvalue weighted by atomic mass is 19.1. The van der Waals surface area contributed by atoms with E-state index < -0.39 is 6.67 Å². The van der Waals surface area contributed by atoms with Crippen molar-refractivity contribution in [3.8, 4) is 23.7 Å². The summed E-state index contributed by atoms with van der Waals surface area (Å²) in [7, 11) is 0. The molecular formula is C27H41FN2. The number of alkyl halides is 1. The second kappa shape index (κ2) is 21.1. The summed E-state index contributed by atoms with van der Waals surface area (Å²) in [6.07, 6.45) is 3.45. The predicted molar refractivity (Wildman–Crippen MR) is 131 cm³/mol. The van der Waals surface area contributed by atoms with Crippen molar-refractivity contribution in [2.75, 3.05) is 6.67 Å². The third-order valence-electron chi connectivity index (χ3n) is 2.70. The zero-order chi connectivity index (χ0) is 24.0. The molecule has 0 aliphatic rings. The quantitative estimate of drug-likeness (QED) is 0.417. The van der Waals surface area contributed by atoms with Gasteiger partial charge in [-0.05, 0) is 58.9 Å². The van der Waals surface area contributed by atoms with Gasteiger partial charge in [-0.15, -0.1) is 0 Å². The Labute approximate surface area is 185 Å². The number of hydrogen-bond acceptors (Lipinski definition) is 2. The minimum absolute atomic E-state index is 0.0604. The van der Waals surface area contributed by atoms with Crippen LogP contribution in [0.5, 0.6) is 0 Å². The van der Waals surface area contributed by atoms with Gasteiger partial charge < -0.3 is 0 Å². The average Bonchev–Trinajstić information content (AvgIpc) is 2.77. The maximum atomic E-state index is 11.6.